The van der Waals surface area contributed by atoms with E-state index >= 15 is 0 Å². The van der Waals surface area contributed by atoms with Gasteiger partial charge in [-0.3, -0.25) is 9.69 Å². The predicted molar refractivity (Wildman–Crippen MR) is 83.1 cm³/mol. The van der Waals surface area contributed by atoms with Crippen LogP contribution in [0.1, 0.15) is 25.8 Å². The Morgan fingerprint density at radius 2 is 1.90 bits per heavy atom. The van der Waals surface area contributed by atoms with E-state index in [0.29, 0.717) is 18.2 Å². The van der Waals surface area contributed by atoms with Gasteiger partial charge in [-0.15, -0.1) is 0 Å². The van der Waals surface area contributed by atoms with Crippen LogP contribution in [0.15, 0.2) is 18.2 Å². The summed E-state index contributed by atoms with van der Waals surface area (Å²) in [6, 6.07) is 6.37. The highest BCUT2D eigenvalue weighted by Gasteiger charge is 2.30. The maximum Gasteiger partial charge on any atom is 0.160 e. The normalized spacial score (nSPS) is 23.1. The van der Waals surface area contributed by atoms with E-state index in [9.17, 15) is 4.79 Å². The summed E-state index contributed by atoms with van der Waals surface area (Å²) in [4.78, 5) is 14.1. The molecule has 0 N–H and O–H groups in total. The fraction of sp³-hybridized carbons (Fsp3) is 0.588. The Bertz CT molecular complexity index is 501. The molecule has 1 aliphatic rings. The summed E-state index contributed by atoms with van der Waals surface area (Å²) in [7, 11) is 3.30. The van der Waals surface area contributed by atoms with Crippen molar-refractivity contribution in [2.45, 2.75) is 32.7 Å². The van der Waals surface area contributed by atoms with Gasteiger partial charge >= 0.3 is 0 Å². The third-order valence-corrected chi connectivity index (χ3v) is 4.59. The topological polar surface area (TPSA) is 38.8 Å². The van der Waals surface area contributed by atoms with Crippen LogP contribution < -0.4 is 9.47 Å². The number of ketones is 1. The largest absolute Gasteiger partial charge is 0.493 e. The number of benzene rings is 1. The number of ether oxygens (including phenoxy) is 2. The van der Waals surface area contributed by atoms with Crippen molar-refractivity contribution in [2.24, 2.45) is 5.92 Å². The molecule has 4 heteroatoms. The van der Waals surface area contributed by atoms with Crippen molar-refractivity contribution < 1.29 is 14.3 Å². The number of Topliss-reactive ketones (excluding diaryl/α,β-unsaturated/α-hetero) is 1. The van der Waals surface area contributed by atoms with Crippen LogP contribution in [0.2, 0.25) is 0 Å². The van der Waals surface area contributed by atoms with Crippen LogP contribution in [0.5, 0.6) is 11.5 Å². The van der Waals surface area contributed by atoms with Crippen molar-refractivity contribution in [3.63, 3.8) is 0 Å². The lowest BCUT2D eigenvalue weighted by atomic mass is 9.90. The van der Waals surface area contributed by atoms with E-state index in [1.165, 1.54) is 5.56 Å². The summed E-state index contributed by atoms with van der Waals surface area (Å²) in [5, 5.41) is 0. The van der Waals surface area contributed by atoms with Crippen LogP contribution in [-0.2, 0) is 11.2 Å². The van der Waals surface area contributed by atoms with Crippen molar-refractivity contribution in [1.82, 2.24) is 4.90 Å². The number of carbonyl (C=O) groups excluding carboxylic acids is 1. The first-order valence-electron chi connectivity index (χ1n) is 7.54. The zero-order chi connectivity index (χ0) is 15.4. The fourth-order valence-electron chi connectivity index (χ4n) is 2.89. The minimum Gasteiger partial charge on any atom is -0.493 e. The summed E-state index contributed by atoms with van der Waals surface area (Å²) in [6.45, 7) is 6.03. The van der Waals surface area contributed by atoms with Crippen LogP contribution >= 0.6 is 0 Å². The molecule has 1 heterocycles. The molecule has 1 fully saturated rings. The minimum atomic E-state index is 0.143. The molecule has 0 saturated carbocycles. The van der Waals surface area contributed by atoms with E-state index in [-0.39, 0.29) is 5.92 Å². The predicted octanol–water partition coefficient (Wildman–Crippen LogP) is 2.55. The maximum absolute atomic E-state index is 11.7. The van der Waals surface area contributed by atoms with Crippen molar-refractivity contribution in [3.8, 4) is 11.5 Å². The van der Waals surface area contributed by atoms with Crippen molar-refractivity contribution >= 4 is 5.78 Å². The third kappa shape index (κ3) is 3.56. The van der Waals surface area contributed by atoms with Gasteiger partial charge in [-0.25, -0.2) is 0 Å². The molecule has 0 amide bonds. The second-order valence-electron chi connectivity index (χ2n) is 5.72. The van der Waals surface area contributed by atoms with Gasteiger partial charge in [0.05, 0.1) is 14.2 Å². The molecule has 2 rings (SSSR count). The zero-order valence-corrected chi connectivity index (χ0v) is 13.4. The number of methoxy groups -OCH3 is 2. The van der Waals surface area contributed by atoms with Crippen molar-refractivity contribution in [3.05, 3.63) is 23.8 Å². The molecule has 0 unspecified atom stereocenters. The van der Waals surface area contributed by atoms with E-state index in [1.807, 2.05) is 19.1 Å². The molecule has 0 radical (unpaired) electrons. The summed E-state index contributed by atoms with van der Waals surface area (Å²) < 4.78 is 10.6. The van der Waals surface area contributed by atoms with E-state index < -0.39 is 0 Å². The molecule has 0 bridgehead atoms. The molecule has 116 valence electrons. The Morgan fingerprint density at radius 1 is 1.19 bits per heavy atom. The molecular formula is C17H25NO3. The molecule has 0 aliphatic carbocycles. The van der Waals surface area contributed by atoms with E-state index in [4.69, 9.17) is 9.47 Å². The van der Waals surface area contributed by atoms with E-state index in [1.54, 1.807) is 14.2 Å². The summed E-state index contributed by atoms with van der Waals surface area (Å²) in [5.74, 6) is 2.06. The Morgan fingerprint density at radius 3 is 2.57 bits per heavy atom. The van der Waals surface area contributed by atoms with Crippen molar-refractivity contribution in [2.75, 3.05) is 27.3 Å². The smallest absolute Gasteiger partial charge is 0.160 e. The molecule has 2 atom stereocenters. The average Bonchev–Trinajstić information content (AvgIpc) is 2.51. The molecule has 1 aromatic rings. The Kier molecular flexibility index (Phi) is 5.23. The second kappa shape index (κ2) is 6.94. The van der Waals surface area contributed by atoms with Crippen molar-refractivity contribution in [1.29, 1.82) is 0 Å². The van der Waals surface area contributed by atoms with Crippen LogP contribution in [0, 0.1) is 5.92 Å². The van der Waals surface area contributed by atoms with Gasteiger partial charge in [0.25, 0.3) is 0 Å². The number of nitrogens with zero attached hydrogens (tertiary/aromatic N) is 1. The van der Waals surface area contributed by atoms with Gasteiger partial charge in [0.2, 0.25) is 0 Å². The first kappa shape index (κ1) is 15.8. The van der Waals surface area contributed by atoms with Gasteiger partial charge in [0, 0.05) is 31.5 Å². The summed E-state index contributed by atoms with van der Waals surface area (Å²) >= 11 is 0. The Labute approximate surface area is 127 Å². The Hall–Kier alpha value is -1.55. The summed E-state index contributed by atoms with van der Waals surface area (Å²) in [5.41, 5.74) is 1.23. The van der Waals surface area contributed by atoms with Gasteiger partial charge < -0.3 is 9.47 Å². The van der Waals surface area contributed by atoms with Crippen LogP contribution in [0.25, 0.3) is 0 Å². The highest BCUT2D eigenvalue weighted by Crippen LogP contribution is 2.28. The maximum atomic E-state index is 11.7. The van der Waals surface area contributed by atoms with Gasteiger partial charge in [0.1, 0.15) is 5.78 Å². The molecule has 21 heavy (non-hydrogen) atoms. The molecule has 4 nitrogen and oxygen atoms in total. The van der Waals surface area contributed by atoms with Gasteiger partial charge in [-0.1, -0.05) is 13.0 Å². The number of rotatable bonds is 5. The number of likely N-dealkylation sites (tertiary alicyclic amines) is 1. The third-order valence-electron chi connectivity index (χ3n) is 4.59. The quantitative estimate of drug-likeness (QED) is 0.835. The molecule has 0 spiro atoms. The van der Waals surface area contributed by atoms with Crippen LogP contribution in [0.3, 0.4) is 0 Å². The number of hydrogen-bond donors (Lipinski definition) is 0. The lowest BCUT2D eigenvalue weighted by Gasteiger charge is -2.37. The first-order chi connectivity index (χ1) is 10.1. The van der Waals surface area contributed by atoms with E-state index in [2.05, 4.69) is 17.9 Å². The first-order valence-corrected chi connectivity index (χ1v) is 7.54. The van der Waals surface area contributed by atoms with Crippen LogP contribution in [-0.4, -0.2) is 44.0 Å². The van der Waals surface area contributed by atoms with Gasteiger partial charge in [-0.2, -0.15) is 0 Å². The lowest BCUT2D eigenvalue weighted by Crippen LogP contribution is -2.47. The standard InChI is InChI=1S/C17H25NO3/c1-12-13(2)18(10-8-15(12)19)9-7-14-5-6-16(20-3)17(11-14)21-4/h5-6,11-13H,7-10H2,1-4H3/t12-,13+/m1/s1. The number of piperidine rings is 1. The van der Waals surface area contributed by atoms with E-state index in [0.717, 1.165) is 31.0 Å². The molecular weight excluding hydrogens is 266 g/mol. The van der Waals surface area contributed by atoms with Gasteiger partial charge in [-0.05, 0) is 31.0 Å². The fourth-order valence-corrected chi connectivity index (χ4v) is 2.89. The molecule has 0 aromatic heterocycles. The molecule has 1 aliphatic heterocycles. The lowest BCUT2D eigenvalue weighted by molar-refractivity contribution is -0.127. The number of carbonyl (C=O) groups is 1. The highest BCUT2D eigenvalue weighted by atomic mass is 16.5. The van der Waals surface area contributed by atoms with Crippen LogP contribution in [0.4, 0.5) is 0 Å². The Balaban J connectivity index is 1.98. The monoisotopic (exact) mass is 291 g/mol. The molecule has 1 saturated heterocycles. The highest BCUT2D eigenvalue weighted by molar-refractivity contribution is 5.82. The second-order valence-corrected chi connectivity index (χ2v) is 5.72. The molecule has 1 aromatic carbocycles. The zero-order valence-electron chi connectivity index (χ0n) is 13.4. The van der Waals surface area contributed by atoms with Gasteiger partial charge in [0.15, 0.2) is 11.5 Å². The summed E-state index contributed by atoms with van der Waals surface area (Å²) in [6.07, 6.45) is 1.63. The average molecular weight is 291 g/mol. The minimum absolute atomic E-state index is 0.143. The SMILES string of the molecule is COc1ccc(CCN2CCC(=O)[C@H](C)[C@@H]2C)cc1OC. The number of hydrogen-bond acceptors (Lipinski definition) is 4.